The van der Waals surface area contributed by atoms with E-state index in [1.807, 2.05) is 0 Å². The molecule has 0 saturated heterocycles. The highest BCUT2D eigenvalue weighted by Gasteiger charge is 2.23. The number of anilines is 1. The van der Waals surface area contributed by atoms with Gasteiger partial charge in [0.2, 0.25) is 5.91 Å². The summed E-state index contributed by atoms with van der Waals surface area (Å²) in [7, 11) is 0. The second-order valence-corrected chi connectivity index (χ2v) is 5.41. The van der Waals surface area contributed by atoms with Crippen LogP contribution in [0.5, 0.6) is 5.75 Å². The maximum atomic E-state index is 12.4. The third kappa shape index (κ3) is 3.67. The number of carbonyl (C=O) groups excluding carboxylic acids is 1. The number of aromatic nitrogens is 2. The van der Waals surface area contributed by atoms with Gasteiger partial charge < -0.3 is 9.64 Å². The number of carbonyl (C=O) groups is 1. The number of hydrogen-bond donors (Lipinski definition) is 1. The normalized spacial score (nSPS) is 14.0. The number of nitrogens with one attached hydrogen (secondary N) is 1. The van der Waals surface area contributed by atoms with Crippen molar-refractivity contribution in [3.05, 3.63) is 41.7 Å². The fourth-order valence-corrected chi connectivity index (χ4v) is 2.74. The Labute approximate surface area is 132 Å². The number of amides is 1. The molecule has 5 nitrogen and oxygen atoms in total. The summed E-state index contributed by atoms with van der Waals surface area (Å²) < 4.78 is 28.5. The lowest BCUT2D eigenvalue weighted by Crippen LogP contribution is -2.35. The van der Waals surface area contributed by atoms with Crippen molar-refractivity contribution in [1.82, 2.24) is 10.2 Å². The first-order valence-electron chi connectivity index (χ1n) is 7.50. The van der Waals surface area contributed by atoms with Crippen molar-refractivity contribution in [1.29, 1.82) is 0 Å². The second-order valence-electron chi connectivity index (χ2n) is 5.41. The fourth-order valence-electron chi connectivity index (χ4n) is 2.74. The van der Waals surface area contributed by atoms with Crippen molar-refractivity contribution < 1.29 is 18.3 Å². The van der Waals surface area contributed by atoms with Gasteiger partial charge in [0.15, 0.2) is 0 Å². The molecule has 0 atom stereocenters. The van der Waals surface area contributed by atoms with Crippen LogP contribution in [0, 0.1) is 0 Å². The van der Waals surface area contributed by atoms with E-state index in [4.69, 9.17) is 0 Å². The van der Waals surface area contributed by atoms with E-state index in [1.165, 1.54) is 12.1 Å². The number of aromatic amines is 1. The van der Waals surface area contributed by atoms with Gasteiger partial charge in [-0.25, -0.2) is 0 Å². The molecule has 1 aromatic carbocycles. The summed E-state index contributed by atoms with van der Waals surface area (Å²) in [6, 6.07) is 6.37. The van der Waals surface area contributed by atoms with Crippen LogP contribution in [0.4, 0.5) is 14.5 Å². The molecule has 0 spiro atoms. The van der Waals surface area contributed by atoms with Gasteiger partial charge in [-0.1, -0.05) is 12.1 Å². The highest BCUT2D eigenvalue weighted by Crippen LogP contribution is 2.25. The topological polar surface area (TPSA) is 58.2 Å². The molecule has 2 aromatic rings. The molecular formula is C16H17F2N3O2. The standard InChI is InChI=1S/C16H17F2N3O2/c17-16(18)23-12-6-3-11(4-7-12)5-8-15(22)21-9-1-2-13-14(21)10-19-20-13/h3-4,6-7,10,16H,1-2,5,8-9H2,(H,19,20). The third-order valence-corrected chi connectivity index (χ3v) is 3.87. The largest absolute Gasteiger partial charge is 0.435 e. The van der Waals surface area contributed by atoms with Crippen molar-refractivity contribution in [3.8, 4) is 5.75 Å². The highest BCUT2D eigenvalue weighted by molar-refractivity contribution is 5.94. The Morgan fingerprint density at radius 1 is 1.35 bits per heavy atom. The minimum absolute atomic E-state index is 0.0419. The lowest BCUT2D eigenvalue weighted by Gasteiger charge is -2.26. The van der Waals surface area contributed by atoms with E-state index >= 15 is 0 Å². The first-order valence-corrected chi connectivity index (χ1v) is 7.50. The number of ether oxygens (including phenoxy) is 1. The molecule has 122 valence electrons. The molecule has 1 aliphatic heterocycles. The zero-order chi connectivity index (χ0) is 16.2. The van der Waals surface area contributed by atoms with E-state index in [-0.39, 0.29) is 11.7 Å². The summed E-state index contributed by atoms with van der Waals surface area (Å²) in [6.45, 7) is -2.13. The van der Waals surface area contributed by atoms with E-state index in [0.717, 1.165) is 29.8 Å². The summed E-state index contributed by atoms with van der Waals surface area (Å²) in [5.41, 5.74) is 2.77. The van der Waals surface area contributed by atoms with Crippen molar-refractivity contribution in [2.45, 2.75) is 32.3 Å². The van der Waals surface area contributed by atoms with E-state index < -0.39 is 6.61 Å². The molecule has 7 heteroatoms. The monoisotopic (exact) mass is 321 g/mol. The maximum absolute atomic E-state index is 12.4. The predicted molar refractivity (Wildman–Crippen MR) is 80.7 cm³/mol. The lowest BCUT2D eigenvalue weighted by atomic mass is 10.1. The Hall–Kier alpha value is -2.44. The number of H-pyrrole nitrogens is 1. The molecule has 0 bridgehead atoms. The molecule has 1 aliphatic rings. The van der Waals surface area contributed by atoms with Crippen molar-refractivity contribution in [2.24, 2.45) is 0 Å². The number of nitrogens with zero attached hydrogens (tertiary/aromatic N) is 2. The molecular weight excluding hydrogens is 304 g/mol. The summed E-state index contributed by atoms with van der Waals surface area (Å²) in [4.78, 5) is 14.2. The quantitative estimate of drug-likeness (QED) is 0.921. The van der Waals surface area contributed by atoms with Gasteiger partial charge in [0, 0.05) is 13.0 Å². The molecule has 0 aliphatic carbocycles. The van der Waals surface area contributed by atoms with E-state index in [2.05, 4.69) is 14.9 Å². The number of aryl methyl sites for hydroxylation is 2. The van der Waals surface area contributed by atoms with Crippen LogP contribution in [-0.4, -0.2) is 29.3 Å². The Morgan fingerprint density at radius 3 is 2.87 bits per heavy atom. The average Bonchev–Trinajstić information content (AvgIpc) is 3.02. The smallest absolute Gasteiger partial charge is 0.387 e. The predicted octanol–water partition coefficient (Wildman–Crippen LogP) is 2.92. The minimum atomic E-state index is -2.83. The van der Waals surface area contributed by atoms with E-state index in [0.29, 0.717) is 19.4 Å². The minimum Gasteiger partial charge on any atom is -0.435 e. The van der Waals surface area contributed by atoms with Gasteiger partial charge in [0.05, 0.1) is 17.6 Å². The highest BCUT2D eigenvalue weighted by atomic mass is 19.3. The Kier molecular flexibility index (Phi) is 4.55. The molecule has 0 unspecified atom stereocenters. The van der Waals surface area contributed by atoms with Crippen LogP contribution in [0.15, 0.2) is 30.5 Å². The fraction of sp³-hybridized carbons (Fsp3) is 0.375. The van der Waals surface area contributed by atoms with Crippen LogP contribution in [-0.2, 0) is 17.6 Å². The average molecular weight is 321 g/mol. The van der Waals surface area contributed by atoms with Crippen molar-refractivity contribution in [2.75, 3.05) is 11.4 Å². The molecule has 23 heavy (non-hydrogen) atoms. The van der Waals surface area contributed by atoms with Crippen LogP contribution < -0.4 is 9.64 Å². The molecule has 1 N–H and O–H groups in total. The summed E-state index contributed by atoms with van der Waals surface area (Å²) >= 11 is 0. The van der Waals surface area contributed by atoms with E-state index in [9.17, 15) is 13.6 Å². The molecule has 2 heterocycles. The van der Waals surface area contributed by atoms with Gasteiger partial charge in [-0.15, -0.1) is 0 Å². The first kappa shape index (κ1) is 15.5. The SMILES string of the molecule is O=C(CCc1ccc(OC(F)F)cc1)N1CCCc2[nH]ncc21. The number of benzene rings is 1. The van der Waals surface area contributed by atoms with Crippen LogP contribution >= 0.6 is 0 Å². The molecule has 0 radical (unpaired) electrons. The van der Waals surface area contributed by atoms with Gasteiger partial charge in [-0.2, -0.15) is 13.9 Å². The van der Waals surface area contributed by atoms with Crippen LogP contribution in [0.25, 0.3) is 0 Å². The Bertz CT molecular complexity index is 670. The zero-order valence-corrected chi connectivity index (χ0v) is 12.5. The van der Waals surface area contributed by atoms with Crippen LogP contribution in [0.1, 0.15) is 24.1 Å². The van der Waals surface area contributed by atoms with Crippen molar-refractivity contribution >= 4 is 11.6 Å². The van der Waals surface area contributed by atoms with Gasteiger partial charge in [-0.3, -0.25) is 9.89 Å². The van der Waals surface area contributed by atoms with Gasteiger partial charge in [-0.05, 0) is 37.0 Å². The van der Waals surface area contributed by atoms with Crippen LogP contribution in [0.2, 0.25) is 0 Å². The summed E-state index contributed by atoms with van der Waals surface area (Å²) in [5.74, 6) is 0.161. The van der Waals surface area contributed by atoms with E-state index in [1.54, 1.807) is 23.2 Å². The summed E-state index contributed by atoms with van der Waals surface area (Å²) in [6.07, 6.45) is 4.42. The molecule has 1 amide bonds. The number of alkyl halides is 2. The summed E-state index contributed by atoms with van der Waals surface area (Å²) in [5, 5.41) is 6.91. The molecule has 0 saturated carbocycles. The number of fused-ring (bicyclic) bond motifs is 1. The Balaban J connectivity index is 1.57. The van der Waals surface area contributed by atoms with Gasteiger partial charge in [0.1, 0.15) is 5.75 Å². The Morgan fingerprint density at radius 2 is 2.13 bits per heavy atom. The second kappa shape index (κ2) is 6.76. The van der Waals surface area contributed by atoms with Crippen LogP contribution in [0.3, 0.4) is 0 Å². The molecule has 0 fully saturated rings. The number of hydrogen-bond acceptors (Lipinski definition) is 3. The molecule has 1 aromatic heterocycles. The zero-order valence-electron chi connectivity index (χ0n) is 12.5. The third-order valence-electron chi connectivity index (χ3n) is 3.87. The van der Waals surface area contributed by atoms with Gasteiger partial charge >= 0.3 is 6.61 Å². The molecule has 3 rings (SSSR count). The number of rotatable bonds is 5. The number of halogens is 2. The van der Waals surface area contributed by atoms with Gasteiger partial charge in [0.25, 0.3) is 0 Å². The first-order chi connectivity index (χ1) is 11.1. The maximum Gasteiger partial charge on any atom is 0.387 e. The lowest BCUT2D eigenvalue weighted by molar-refractivity contribution is -0.118. The van der Waals surface area contributed by atoms with Crippen molar-refractivity contribution in [3.63, 3.8) is 0 Å².